The molecule has 1 amide bonds. The van der Waals surface area contributed by atoms with Crippen LogP contribution in [-0.4, -0.2) is 31.8 Å². The summed E-state index contributed by atoms with van der Waals surface area (Å²) < 4.78 is 12.7. The summed E-state index contributed by atoms with van der Waals surface area (Å²) in [5, 5.41) is 0. The summed E-state index contributed by atoms with van der Waals surface area (Å²) >= 11 is 1.59. The monoisotopic (exact) mass is 374 g/mol. The molecule has 2 aromatic rings. The van der Waals surface area contributed by atoms with E-state index in [2.05, 4.69) is 18.0 Å². The van der Waals surface area contributed by atoms with E-state index in [1.165, 1.54) is 12.8 Å². The Morgan fingerprint density at radius 1 is 1.40 bits per heavy atom. The molecule has 0 N–H and O–H groups in total. The molecule has 4 rings (SSSR count). The smallest absolute Gasteiger partial charge is 0.255 e. The molecule has 0 spiro atoms. The van der Waals surface area contributed by atoms with Crippen LogP contribution in [0.2, 0.25) is 0 Å². The zero-order valence-corrected chi connectivity index (χ0v) is 16.4. The molecular weight excluding hydrogens is 352 g/mol. The number of amides is 1. The molecule has 0 radical (unpaired) electrons. The maximum atomic E-state index is 13.1. The highest BCUT2D eigenvalue weighted by Crippen LogP contribution is 2.41. The van der Waals surface area contributed by atoms with Gasteiger partial charge in [0.15, 0.2) is 0 Å². The number of rotatable bonds is 5. The van der Waals surface area contributed by atoms with Gasteiger partial charge in [-0.15, -0.1) is 11.3 Å². The van der Waals surface area contributed by atoms with Gasteiger partial charge in [0, 0.05) is 18.3 Å². The summed E-state index contributed by atoms with van der Waals surface area (Å²) in [6.45, 7) is 6.66. The van der Waals surface area contributed by atoms with E-state index < -0.39 is 10.8 Å². The third-order valence-electron chi connectivity index (χ3n) is 5.31. The highest BCUT2D eigenvalue weighted by atomic mass is 32.2. The van der Waals surface area contributed by atoms with Crippen LogP contribution in [0.15, 0.2) is 22.5 Å². The lowest BCUT2D eigenvalue weighted by atomic mass is 10.0. The van der Waals surface area contributed by atoms with Crippen LogP contribution >= 0.6 is 11.3 Å². The maximum absolute atomic E-state index is 13.1. The van der Waals surface area contributed by atoms with Crippen LogP contribution in [0.1, 0.15) is 48.3 Å². The highest BCUT2D eigenvalue weighted by molar-refractivity contribution is 7.85. The average Bonchev–Trinajstić information content (AvgIpc) is 3.30. The second kappa shape index (κ2) is 6.32. The summed E-state index contributed by atoms with van der Waals surface area (Å²) in [5.74, 6) is 1.20. The van der Waals surface area contributed by atoms with Gasteiger partial charge in [0.1, 0.15) is 0 Å². The number of benzene rings is 1. The molecule has 2 atom stereocenters. The zero-order valence-electron chi connectivity index (χ0n) is 14.7. The topological polar surface area (TPSA) is 50.3 Å². The van der Waals surface area contributed by atoms with Gasteiger partial charge in [-0.05, 0) is 55.9 Å². The van der Waals surface area contributed by atoms with E-state index in [4.69, 9.17) is 0 Å². The van der Waals surface area contributed by atoms with Crippen molar-refractivity contribution < 1.29 is 9.00 Å². The van der Waals surface area contributed by atoms with Crippen molar-refractivity contribution in [3.8, 4) is 10.4 Å². The zero-order chi connectivity index (χ0) is 17.7. The summed E-state index contributed by atoms with van der Waals surface area (Å²) in [6.07, 6.45) is 2.42. The minimum Gasteiger partial charge on any atom is -0.331 e. The summed E-state index contributed by atoms with van der Waals surface area (Å²) in [5.41, 5.74) is 5.54. The fourth-order valence-corrected chi connectivity index (χ4v) is 5.46. The highest BCUT2D eigenvalue weighted by Gasteiger charge is 2.40. The minimum absolute atomic E-state index is 0.0544. The number of nitrogens with zero attached hydrogens (tertiary/aromatic N) is 2. The molecule has 6 heteroatoms. The number of hydrogen-bond donors (Lipinski definition) is 0. The summed E-state index contributed by atoms with van der Waals surface area (Å²) in [7, 11) is -1.16. The second-order valence-corrected chi connectivity index (χ2v) is 9.48. The van der Waals surface area contributed by atoms with Gasteiger partial charge in [0.25, 0.3) is 5.91 Å². The lowest BCUT2D eigenvalue weighted by Crippen LogP contribution is -2.34. The van der Waals surface area contributed by atoms with Gasteiger partial charge >= 0.3 is 0 Å². The van der Waals surface area contributed by atoms with E-state index in [1.807, 2.05) is 30.3 Å². The fourth-order valence-electron chi connectivity index (χ4n) is 3.65. The number of fused-ring (bicyclic) bond motifs is 1. The van der Waals surface area contributed by atoms with Crippen molar-refractivity contribution in [2.75, 3.05) is 5.75 Å². The predicted molar refractivity (Wildman–Crippen MR) is 101 cm³/mol. The van der Waals surface area contributed by atoms with Crippen LogP contribution < -0.4 is 0 Å². The molecule has 1 fully saturated rings. The minimum atomic E-state index is -1.16. The van der Waals surface area contributed by atoms with Crippen molar-refractivity contribution in [2.45, 2.75) is 51.1 Å². The maximum Gasteiger partial charge on any atom is 0.255 e. The third kappa shape index (κ3) is 2.85. The van der Waals surface area contributed by atoms with Gasteiger partial charge in [0.05, 0.1) is 37.3 Å². The molecule has 1 saturated carbocycles. The Morgan fingerprint density at radius 3 is 2.76 bits per heavy atom. The van der Waals surface area contributed by atoms with Crippen molar-refractivity contribution in [1.82, 2.24) is 9.88 Å². The van der Waals surface area contributed by atoms with E-state index in [9.17, 15) is 9.00 Å². The number of aromatic nitrogens is 1. The first-order valence-electron chi connectivity index (χ1n) is 8.78. The standard InChI is InChI=1S/C19H22N2O2S2/c1-4-25(23)16-8-14(18-11(2)20-10-24-18)7-15-9-21(19(22)17(15)16)12(3)13-5-6-13/h7-8,10,12-13H,4-6,9H2,1-3H3/t12-,25-/m0/s1. The van der Waals surface area contributed by atoms with E-state index in [-0.39, 0.29) is 11.9 Å². The number of carbonyl (C=O) groups is 1. The van der Waals surface area contributed by atoms with E-state index in [0.717, 1.165) is 21.7 Å². The van der Waals surface area contributed by atoms with Crippen LogP contribution in [0.4, 0.5) is 0 Å². The second-order valence-electron chi connectivity index (χ2n) is 6.92. The molecule has 25 heavy (non-hydrogen) atoms. The Labute approximate surface area is 154 Å². The van der Waals surface area contributed by atoms with Gasteiger partial charge in [0.2, 0.25) is 0 Å². The molecule has 1 aromatic heterocycles. The van der Waals surface area contributed by atoms with E-state index >= 15 is 0 Å². The van der Waals surface area contributed by atoms with Crippen molar-refractivity contribution in [3.05, 3.63) is 34.5 Å². The molecule has 1 aliphatic heterocycles. The van der Waals surface area contributed by atoms with E-state index in [1.54, 1.807) is 11.3 Å². The lowest BCUT2D eigenvalue weighted by molar-refractivity contribution is 0.0695. The van der Waals surface area contributed by atoms with Crippen LogP contribution in [0.25, 0.3) is 10.4 Å². The molecule has 0 saturated heterocycles. The summed E-state index contributed by atoms with van der Waals surface area (Å²) in [4.78, 5) is 21.2. The van der Waals surface area contributed by atoms with Crippen molar-refractivity contribution in [1.29, 1.82) is 0 Å². The van der Waals surface area contributed by atoms with Gasteiger partial charge in [-0.3, -0.25) is 9.00 Å². The molecule has 4 nitrogen and oxygen atoms in total. The molecule has 0 bridgehead atoms. The van der Waals surface area contributed by atoms with Crippen LogP contribution in [0, 0.1) is 12.8 Å². The summed E-state index contributed by atoms with van der Waals surface area (Å²) in [6, 6.07) is 4.31. The van der Waals surface area contributed by atoms with Crippen molar-refractivity contribution in [2.24, 2.45) is 5.92 Å². The molecule has 2 aliphatic rings. The Morgan fingerprint density at radius 2 is 2.16 bits per heavy atom. The first-order valence-corrected chi connectivity index (χ1v) is 11.0. The fraction of sp³-hybridized carbons (Fsp3) is 0.474. The number of carbonyl (C=O) groups excluding carboxylic acids is 1. The number of thiazole rings is 1. The Hall–Kier alpha value is -1.53. The number of aryl methyl sites for hydroxylation is 1. The van der Waals surface area contributed by atoms with Crippen LogP contribution in [0.3, 0.4) is 0 Å². The van der Waals surface area contributed by atoms with Gasteiger partial charge < -0.3 is 4.90 Å². The van der Waals surface area contributed by atoms with Crippen LogP contribution in [0.5, 0.6) is 0 Å². The first kappa shape index (κ1) is 16.9. The third-order valence-corrected chi connectivity index (χ3v) is 7.62. The average molecular weight is 375 g/mol. The van der Waals surface area contributed by atoms with Crippen molar-refractivity contribution >= 4 is 28.0 Å². The molecule has 1 aromatic carbocycles. The molecule has 132 valence electrons. The Balaban J connectivity index is 1.82. The Bertz CT molecular complexity index is 870. The van der Waals surface area contributed by atoms with Crippen LogP contribution in [-0.2, 0) is 17.3 Å². The van der Waals surface area contributed by atoms with Crippen molar-refractivity contribution in [3.63, 3.8) is 0 Å². The van der Waals surface area contributed by atoms with Gasteiger partial charge in [-0.1, -0.05) is 6.92 Å². The van der Waals surface area contributed by atoms with Gasteiger partial charge in [-0.25, -0.2) is 4.98 Å². The molecule has 0 unspecified atom stereocenters. The normalized spacial score (nSPS) is 19.2. The quantitative estimate of drug-likeness (QED) is 0.795. The SMILES string of the molecule is CC[S@](=O)c1cc(-c2scnc2C)cc2c1C(=O)N([C@@H](C)C1CC1)C2. The first-order chi connectivity index (χ1) is 12.0. The predicted octanol–water partition coefficient (Wildman–Crippen LogP) is 4.00. The van der Waals surface area contributed by atoms with E-state index in [0.29, 0.717) is 28.7 Å². The molecule has 1 aliphatic carbocycles. The lowest BCUT2D eigenvalue weighted by Gasteiger charge is -2.24. The molecular formula is C19H22N2O2S2. The number of hydrogen-bond acceptors (Lipinski definition) is 4. The molecule has 2 heterocycles. The van der Waals surface area contributed by atoms with Gasteiger partial charge in [-0.2, -0.15) is 0 Å². The largest absolute Gasteiger partial charge is 0.331 e. The Kier molecular flexibility index (Phi) is 4.28.